The van der Waals surface area contributed by atoms with E-state index in [-0.39, 0.29) is 54.6 Å². The molecule has 16 rings (SSSR count). The minimum Gasteiger partial charge on any atom is -0.0654 e. The van der Waals surface area contributed by atoms with Gasteiger partial charge in [0.2, 0.25) is 0 Å². The molecule has 4 aromatic carbocycles. The Morgan fingerprint density at radius 1 is 0.330 bits per heavy atom. The quantitative estimate of drug-likeness (QED) is 0.180. The van der Waals surface area contributed by atoms with Crippen molar-refractivity contribution in [1.29, 1.82) is 0 Å². The predicted octanol–water partition coefficient (Wildman–Crippen LogP) is 36.2. The second kappa shape index (κ2) is 36.4. The summed E-state index contributed by atoms with van der Waals surface area (Å²) in [5, 5.41) is 0. The molecule has 0 amide bonds. The lowest BCUT2D eigenvalue weighted by atomic mass is 9.43. The third-order valence-electron chi connectivity index (χ3n) is 30.2. The van der Waals surface area contributed by atoms with E-state index in [9.17, 15) is 0 Å². The molecule has 12 fully saturated rings. The molecule has 12 aliphatic carbocycles. The Labute approximate surface area is 720 Å². The number of benzene rings is 4. The fourth-order valence-electron chi connectivity index (χ4n) is 24.8. The highest BCUT2D eigenvalue weighted by atomic mass is 14.6. The summed E-state index contributed by atoms with van der Waals surface area (Å²) in [5.74, 6) is 13.1. The predicted molar refractivity (Wildman–Crippen MR) is 516 cm³/mol. The van der Waals surface area contributed by atoms with E-state index in [4.69, 9.17) is 1.37 Å². The van der Waals surface area contributed by atoms with Crippen LogP contribution in [0.2, 0.25) is 0 Å². The van der Waals surface area contributed by atoms with Gasteiger partial charge in [-0.15, -0.1) is 0 Å². The van der Waals surface area contributed by atoms with Crippen LogP contribution in [0, 0.1) is 115 Å². The summed E-state index contributed by atoms with van der Waals surface area (Å²) in [6.45, 7) is 98.1. The van der Waals surface area contributed by atoms with Crippen molar-refractivity contribution in [1.82, 2.24) is 0 Å². The summed E-state index contributed by atoms with van der Waals surface area (Å²) in [5.41, 5.74) is 20.9. The largest absolute Gasteiger partial charge is 0.0654 e. The maximum Gasteiger partial charge on any atom is 0.0314 e. The van der Waals surface area contributed by atoms with E-state index in [2.05, 4.69) is 364 Å². The molecular weight excluding hydrogens is 1380 g/mol. The van der Waals surface area contributed by atoms with Crippen molar-refractivity contribution < 1.29 is 1.37 Å². The molecule has 0 aliphatic heterocycles. The van der Waals surface area contributed by atoms with Crippen molar-refractivity contribution in [3.63, 3.8) is 0 Å². The molecule has 0 heterocycles. The third kappa shape index (κ3) is 26.7. The van der Waals surface area contributed by atoms with Gasteiger partial charge in [0.15, 0.2) is 0 Å². The molecule has 115 heavy (non-hydrogen) atoms. The molecular formula is C115H194. The highest BCUT2D eigenvalue weighted by molar-refractivity contribution is 5.81. The van der Waals surface area contributed by atoms with Gasteiger partial charge >= 0.3 is 0 Å². The second-order valence-corrected chi connectivity index (χ2v) is 54.6. The average molecular weight is 1580 g/mol. The van der Waals surface area contributed by atoms with Crippen LogP contribution < -0.4 is 0 Å². The smallest absolute Gasteiger partial charge is 0.0314 e. The monoisotopic (exact) mass is 1580 g/mol. The van der Waals surface area contributed by atoms with Gasteiger partial charge in [0.05, 0.1) is 0 Å². The molecule has 12 saturated carbocycles. The highest BCUT2D eigenvalue weighted by Gasteiger charge is 2.56. The Hall–Kier alpha value is -3.12. The molecule has 0 saturated heterocycles. The highest BCUT2D eigenvalue weighted by Crippen LogP contribution is 2.67. The molecule has 0 radical (unpaired) electrons. The van der Waals surface area contributed by atoms with Crippen LogP contribution in [-0.2, 0) is 43.3 Å². The number of hydrogen-bond acceptors (Lipinski definition) is 0. The lowest BCUT2D eigenvalue weighted by Gasteiger charge is -2.62. The maximum absolute atomic E-state index is 9.00. The molecule has 654 valence electrons. The van der Waals surface area contributed by atoms with Crippen LogP contribution in [0.15, 0.2) is 72.8 Å². The van der Waals surface area contributed by atoms with Crippen LogP contribution in [0.1, 0.15) is 472 Å². The molecule has 4 aromatic rings. The molecule has 12 bridgehead atoms. The van der Waals surface area contributed by atoms with Crippen LogP contribution in [0.5, 0.6) is 0 Å². The molecule has 0 nitrogen and oxygen atoms in total. The van der Waals surface area contributed by atoms with E-state index in [0.29, 0.717) is 33.5 Å². The second-order valence-electron chi connectivity index (χ2n) is 54.6. The average Bonchev–Trinajstić information content (AvgIpc) is 1.23. The molecule has 12 aliphatic rings. The van der Waals surface area contributed by atoms with Gasteiger partial charge in [0.25, 0.3) is 0 Å². The van der Waals surface area contributed by atoms with Crippen molar-refractivity contribution in [3.05, 3.63) is 117 Å². The maximum atomic E-state index is 9.00. The lowest BCUT2D eigenvalue weighted by molar-refractivity contribution is -0.113. The zero-order valence-corrected chi connectivity index (χ0v) is 84.8. The van der Waals surface area contributed by atoms with E-state index in [1.165, 1.54) is 131 Å². The zero-order chi connectivity index (χ0) is 88.3. The SMILES string of the molecule is CC(C)(C)C12CC3CC(CC(C3)C1)C2.CC(C)(C)C1C2CC3CC(C2)CC1C3.CC(C)(C)c1cc(-c2cccc(-c3cc(C(C)(C)C)cc(C(C)(C)C)c3)c2C(C)(C)C)cc(C(C)(C)C)c1.CC(C)(C)c1cccc(C(C)(C)C)c1C(C)(C)C.CCC(C)(C)C.CCCC(CC)CC(C)(C)C.[2H]C1(C(C)(C)C)C2CC3CC(C2)CC1C3. The van der Waals surface area contributed by atoms with Crippen molar-refractivity contribution in [2.75, 3.05) is 0 Å². The molecule has 0 spiro atoms. The van der Waals surface area contributed by atoms with Gasteiger partial charge in [-0.2, -0.15) is 0 Å². The van der Waals surface area contributed by atoms with Gasteiger partial charge in [-0.25, -0.2) is 0 Å². The van der Waals surface area contributed by atoms with Crippen molar-refractivity contribution >= 4 is 0 Å². The van der Waals surface area contributed by atoms with Crippen molar-refractivity contribution in [2.24, 2.45) is 115 Å². The summed E-state index contributed by atoms with van der Waals surface area (Å²) in [4.78, 5) is 0. The van der Waals surface area contributed by atoms with Crippen LogP contribution >= 0.6 is 0 Å². The number of hydrogen-bond donors (Lipinski definition) is 0. The minimum absolute atomic E-state index is 0.0226. The minimum atomic E-state index is -0.111. The summed E-state index contributed by atoms with van der Waals surface area (Å²) in [6, 6.07) is 28.4. The Kier molecular flexibility index (Phi) is 30.8. The van der Waals surface area contributed by atoms with Crippen LogP contribution in [0.25, 0.3) is 22.3 Å². The van der Waals surface area contributed by atoms with Gasteiger partial charge in [-0.3, -0.25) is 0 Å². The lowest BCUT2D eigenvalue weighted by Crippen LogP contribution is -2.51. The van der Waals surface area contributed by atoms with E-state index in [1.807, 2.05) is 0 Å². The topological polar surface area (TPSA) is 0 Å². The zero-order valence-electron chi connectivity index (χ0n) is 85.8. The van der Waals surface area contributed by atoms with Crippen molar-refractivity contribution in [3.8, 4) is 22.3 Å². The molecule has 0 heteroatoms. The van der Waals surface area contributed by atoms with E-state index in [1.54, 1.807) is 70.6 Å². The van der Waals surface area contributed by atoms with Gasteiger partial charge in [-0.1, -0.05) is 389 Å². The normalized spacial score (nSPS) is 28.2. The first-order valence-electron chi connectivity index (χ1n) is 48.9. The number of rotatable bonds is 6. The molecule has 1 atom stereocenters. The summed E-state index contributed by atoms with van der Waals surface area (Å²) in [6.07, 6.45) is 31.0. The van der Waals surface area contributed by atoms with Crippen LogP contribution in [0.4, 0.5) is 0 Å². The Morgan fingerprint density at radius 2 is 0.626 bits per heavy atom. The first kappa shape index (κ1) is 97.3. The fourth-order valence-corrected chi connectivity index (χ4v) is 24.8. The summed E-state index contributed by atoms with van der Waals surface area (Å²) in [7, 11) is 0. The Bertz CT molecular complexity index is 3490. The van der Waals surface area contributed by atoms with E-state index < -0.39 is 0 Å². The van der Waals surface area contributed by atoms with Gasteiger partial charge in [-0.05, 0) is 335 Å². The first-order valence-corrected chi connectivity index (χ1v) is 48.4. The molecule has 0 aromatic heterocycles. The summed E-state index contributed by atoms with van der Waals surface area (Å²) >= 11 is 0. The van der Waals surface area contributed by atoms with Crippen LogP contribution in [0.3, 0.4) is 0 Å². The van der Waals surface area contributed by atoms with Crippen molar-refractivity contribution in [2.45, 2.75) is 469 Å². The first-order chi connectivity index (χ1) is 52.3. The fraction of sp³-hybridized carbons (Fsp3) is 0.791. The van der Waals surface area contributed by atoms with Gasteiger partial charge < -0.3 is 0 Å². The molecule has 0 N–H and O–H groups in total. The Balaban J connectivity index is 0.000000201. The van der Waals surface area contributed by atoms with E-state index in [0.717, 1.165) is 70.5 Å². The van der Waals surface area contributed by atoms with Crippen LogP contribution in [-0.4, -0.2) is 0 Å². The third-order valence-corrected chi connectivity index (χ3v) is 30.2. The van der Waals surface area contributed by atoms with Gasteiger partial charge in [0.1, 0.15) is 0 Å². The standard InChI is InChI=1S/C38H54.C18H30.3C14H24.C11H24.C6H14/c1-34(2,3)27-19-25(20-28(23-27)35(4,5)6)31-17-16-18-32(33(31)38(13,14)15)26-21-29(36(7,8)9)24-30(22-26)37(10,11)12;1-16(2,3)13-11-10-12-14(17(4,5)6)15(13)18(7,8)9;1-13(2,3)14-7-10-4-11(8-14)6-12(5-10)9-14;2*1-14(2,3)13-11-5-9-4-10(7-11)8-12(13)6-9;1-6-8-10(7-2)9-11(3,4)5;1-5-6(2,3)4/h16-24H,1-15H3;10-12H,1-9H3;10-12H,4-9H2,1-3H3;2*9-13H,4-8H2,1-3H3;10H,6-9H2,1-5H3;5H2,1-4H3/i;;;13D;;;. The summed E-state index contributed by atoms with van der Waals surface area (Å²) < 4.78 is 9.00. The van der Waals surface area contributed by atoms with Gasteiger partial charge in [0, 0.05) is 1.37 Å². The van der Waals surface area contributed by atoms with E-state index >= 15 is 0 Å². The Morgan fingerprint density at radius 3 is 0.861 bits per heavy atom. The molecule has 1 unspecified atom stereocenters.